The van der Waals surface area contributed by atoms with Gasteiger partial charge in [0.05, 0.1) is 31.9 Å². The van der Waals surface area contributed by atoms with Crippen molar-refractivity contribution in [3.8, 4) is 0 Å². The number of ether oxygens (including phenoxy) is 2. The highest BCUT2D eigenvalue weighted by molar-refractivity contribution is 6.46. The van der Waals surface area contributed by atoms with Gasteiger partial charge in [-0.05, 0) is 25.5 Å². The van der Waals surface area contributed by atoms with Crippen LogP contribution in [0.4, 0.5) is 4.39 Å². The van der Waals surface area contributed by atoms with E-state index in [1.54, 1.807) is 19.9 Å². The summed E-state index contributed by atoms with van der Waals surface area (Å²) in [5.74, 6) is -3.42. The van der Waals surface area contributed by atoms with Crippen molar-refractivity contribution >= 4 is 23.4 Å². The summed E-state index contributed by atoms with van der Waals surface area (Å²) in [6.45, 7) is 6.38. The van der Waals surface area contributed by atoms with Gasteiger partial charge in [0.2, 0.25) is 0 Å². The highest BCUT2D eigenvalue weighted by Gasteiger charge is 2.47. The van der Waals surface area contributed by atoms with Crippen molar-refractivity contribution < 1.29 is 33.4 Å². The second kappa shape index (κ2) is 10.0. The van der Waals surface area contributed by atoms with Crippen LogP contribution in [0.2, 0.25) is 0 Å². The molecule has 0 unspecified atom stereocenters. The minimum Gasteiger partial charge on any atom is -0.507 e. The molecule has 2 N–H and O–H groups in total. The van der Waals surface area contributed by atoms with Gasteiger partial charge in [0.1, 0.15) is 17.3 Å². The van der Waals surface area contributed by atoms with Crippen LogP contribution in [0.5, 0.6) is 0 Å². The molecule has 4 rings (SSSR count). The average molecular weight is 486 g/mol. The second-order valence-electron chi connectivity index (χ2n) is 8.58. The van der Waals surface area contributed by atoms with E-state index in [2.05, 4.69) is 9.88 Å². The molecule has 1 aromatic heterocycles. The molecule has 2 aromatic rings. The number of amides is 1. The van der Waals surface area contributed by atoms with Gasteiger partial charge in [-0.1, -0.05) is 18.2 Å². The number of esters is 1. The third-order valence-corrected chi connectivity index (χ3v) is 6.56. The Morgan fingerprint density at radius 1 is 1.20 bits per heavy atom. The smallest absolute Gasteiger partial charge is 0.354 e. The third-order valence-electron chi connectivity index (χ3n) is 6.56. The summed E-state index contributed by atoms with van der Waals surface area (Å²) in [6, 6.07) is 4.76. The summed E-state index contributed by atoms with van der Waals surface area (Å²) in [7, 11) is 1.23. The topological polar surface area (TPSA) is 112 Å². The number of hydrogen-bond acceptors (Lipinski definition) is 7. The number of aliphatic hydroxyl groups is 1. The van der Waals surface area contributed by atoms with Gasteiger partial charge in [-0.25, -0.2) is 9.18 Å². The maximum atomic E-state index is 15.0. The van der Waals surface area contributed by atoms with Gasteiger partial charge in [-0.2, -0.15) is 0 Å². The van der Waals surface area contributed by atoms with Crippen LogP contribution in [0, 0.1) is 19.7 Å². The van der Waals surface area contributed by atoms with Gasteiger partial charge < -0.3 is 24.5 Å². The van der Waals surface area contributed by atoms with Gasteiger partial charge in [0.15, 0.2) is 0 Å². The lowest BCUT2D eigenvalue weighted by molar-refractivity contribution is -0.140. The number of hydrogen-bond donors (Lipinski definition) is 2. The number of Topliss-reactive ketones (excluding diaryl/α,β-unsaturated/α-hetero) is 1. The van der Waals surface area contributed by atoms with Crippen LogP contribution < -0.4 is 0 Å². The Kier molecular flexibility index (Phi) is 7.04. The molecule has 2 aliphatic rings. The zero-order valence-electron chi connectivity index (χ0n) is 19.9. The summed E-state index contributed by atoms with van der Waals surface area (Å²) < 4.78 is 25.1. The molecule has 1 atom stereocenters. The molecule has 1 aromatic carbocycles. The van der Waals surface area contributed by atoms with E-state index < -0.39 is 35.3 Å². The van der Waals surface area contributed by atoms with E-state index in [0.717, 1.165) is 0 Å². The van der Waals surface area contributed by atoms with Crippen molar-refractivity contribution in [1.82, 2.24) is 14.8 Å². The Bertz CT molecular complexity index is 1200. The molecule has 2 aliphatic heterocycles. The van der Waals surface area contributed by atoms with Crippen LogP contribution in [0.15, 0.2) is 29.8 Å². The molecule has 0 aliphatic carbocycles. The van der Waals surface area contributed by atoms with Gasteiger partial charge in [-0.3, -0.25) is 14.5 Å². The molecule has 186 valence electrons. The van der Waals surface area contributed by atoms with Crippen LogP contribution >= 0.6 is 0 Å². The molecule has 2 saturated heterocycles. The van der Waals surface area contributed by atoms with Gasteiger partial charge in [0, 0.05) is 43.0 Å². The molecular weight excluding hydrogens is 457 g/mol. The summed E-state index contributed by atoms with van der Waals surface area (Å²) in [6.07, 6.45) is 0. The molecule has 35 heavy (non-hydrogen) atoms. The van der Waals surface area contributed by atoms with Crippen molar-refractivity contribution in [2.24, 2.45) is 0 Å². The predicted molar refractivity (Wildman–Crippen MR) is 124 cm³/mol. The van der Waals surface area contributed by atoms with Crippen LogP contribution in [-0.2, 0) is 19.1 Å². The van der Waals surface area contributed by atoms with Crippen LogP contribution in [0.3, 0.4) is 0 Å². The normalized spacial score (nSPS) is 20.5. The van der Waals surface area contributed by atoms with E-state index in [0.29, 0.717) is 44.1 Å². The van der Waals surface area contributed by atoms with Crippen molar-refractivity contribution in [2.75, 3.05) is 46.5 Å². The Morgan fingerprint density at radius 3 is 2.54 bits per heavy atom. The number of aliphatic hydroxyl groups excluding tert-OH is 1. The Morgan fingerprint density at radius 2 is 1.89 bits per heavy atom. The number of nitrogens with one attached hydrogen (secondary N) is 1. The summed E-state index contributed by atoms with van der Waals surface area (Å²) in [5, 5.41) is 11.4. The number of aromatic amines is 1. The first-order valence-electron chi connectivity index (χ1n) is 11.4. The zero-order chi connectivity index (χ0) is 25.3. The van der Waals surface area contributed by atoms with E-state index >= 15 is 0 Å². The fourth-order valence-electron chi connectivity index (χ4n) is 4.75. The molecule has 3 heterocycles. The van der Waals surface area contributed by atoms with Crippen molar-refractivity contribution in [3.63, 3.8) is 0 Å². The molecule has 0 spiro atoms. The predicted octanol–water partition coefficient (Wildman–Crippen LogP) is 2.31. The number of aryl methyl sites for hydroxylation is 1. The lowest BCUT2D eigenvalue weighted by Gasteiger charge is -2.31. The highest BCUT2D eigenvalue weighted by Crippen LogP contribution is 2.41. The number of morpholine rings is 1. The molecular formula is C25H28FN3O6. The second-order valence-corrected chi connectivity index (χ2v) is 8.58. The third kappa shape index (κ3) is 4.46. The summed E-state index contributed by atoms with van der Waals surface area (Å²) >= 11 is 0. The maximum Gasteiger partial charge on any atom is 0.354 e. The molecule has 0 radical (unpaired) electrons. The minimum absolute atomic E-state index is 0.106. The molecule has 0 bridgehead atoms. The lowest BCUT2D eigenvalue weighted by atomic mass is 9.93. The van der Waals surface area contributed by atoms with E-state index in [4.69, 9.17) is 9.47 Å². The monoisotopic (exact) mass is 485 g/mol. The summed E-state index contributed by atoms with van der Waals surface area (Å²) in [4.78, 5) is 44.8. The van der Waals surface area contributed by atoms with Crippen LogP contribution in [0.25, 0.3) is 5.76 Å². The SMILES string of the molecule is COC(=O)c1[nH]c(C)c(/C(O)=C2\C(=O)C(=O)N(CCN3CCOCC3)[C@@H]2c2ccccc2F)c1C. The van der Waals surface area contributed by atoms with Gasteiger partial charge in [0.25, 0.3) is 11.7 Å². The van der Waals surface area contributed by atoms with Crippen LogP contribution in [0.1, 0.15) is 38.9 Å². The number of aromatic nitrogens is 1. The number of methoxy groups -OCH3 is 1. The number of H-pyrrole nitrogens is 1. The lowest BCUT2D eigenvalue weighted by Crippen LogP contribution is -2.42. The molecule has 1 amide bonds. The van der Waals surface area contributed by atoms with E-state index in [9.17, 15) is 23.9 Å². The zero-order valence-corrected chi connectivity index (χ0v) is 19.9. The maximum absolute atomic E-state index is 15.0. The first kappa shape index (κ1) is 24.6. The number of ketones is 1. The van der Waals surface area contributed by atoms with Crippen LogP contribution in [-0.4, -0.2) is 84.1 Å². The standard InChI is InChI=1S/C25H28FN3O6/c1-14-18(15(2)27-20(14)25(33)34-3)22(30)19-21(16-6-4-5-7-17(16)26)29(24(32)23(19)31)9-8-28-10-12-35-13-11-28/h4-7,21,27,30H,8-13H2,1-3H3/b22-19+/t21-/m1/s1. The number of carbonyl (C=O) groups excluding carboxylic acids is 3. The largest absolute Gasteiger partial charge is 0.507 e. The number of benzene rings is 1. The number of nitrogens with zero attached hydrogens (tertiary/aromatic N) is 2. The molecule has 10 heteroatoms. The first-order chi connectivity index (χ1) is 16.8. The minimum atomic E-state index is -1.12. The fraction of sp³-hybridized carbons (Fsp3) is 0.400. The Hall–Kier alpha value is -3.50. The van der Waals surface area contributed by atoms with Gasteiger partial charge >= 0.3 is 5.97 Å². The van der Waals surface area contributed by atoms with E-state index in [-0.39, 0.29) is 28.9 Å². The van der Waals surface area contributed by atoms with E-state index in [1.165, 1.54) is 30.2 Å². The summed E-state index contributed by atoms with van der Waals surface area (Å²) in [5.41, 5.74) is 0.984. The number of rotatable bonds is 6. The molecule has 9 nitrogen and oxygen atoms in total. The fourth-order valence-corrected chi connectivity index (χ4v) is 4.75. The number of likely N-dealkylation sites (tertiary alicyclic amines) is 1. The molecule has 0 saturated carbocycles. The van der Waals surface area contributed by atoms with E-state index in [1.807, 2.05) is 0 Å². The number of halogens is 1. The van der Waals surface area contributed by atoms with Crippen molar-refractivity contribution in [3.05, 3.63) is 63.7 Å². The average Bonchev–Trinajstić information content (AvgIpc) is 3.29. The first-order valence-corrected chi connectivity index (χ1v) is 11.4. The highest BCUT2D eigenvalue weighted by atomic mass is 19.1. The van der Waals surface area contributed by atoms with Crippen molar-refractivity contribution in [1.29, 1.82) is 0 Å². The Balaban J connectivity index is 1.82. The quantitative estimate of drug-likeness (QED) is 0.280. The Labute approximate surface area is 202 Å². The van der Waals surface area contributed by atoms with Crippen molar-refractivity contribution in [2.45, 2.75) is 19.9 Å². The number of carbonyl (C=O) groups is 3. The molecule has 2 fully saturated rings. The van der Waals surface area contributed by atoms with Gasteiger partial charge in [-0.15, -0.1) is 0 Å².